The molecule has 0 fully saturated rings. The van der Waals surface area contributed by atoms with Gasteiger partial charge in [-0.1, -0.05) is 48.5 Å². The van der Waals surface area contributed by atoms with E-state index in [0.717, 1.165) is 12.8 Å². The molecule has 2 aliphatic carbocycles. The summed E-state index contributed by atoms with van der Waals surface area (Å²) >= 11 is 0. The van der Waals surface area contributed by atoms with E-state index in [1.54, 1.807) is 0 Å². The van der Waals surface area contributed by atoms with E-state index in [4.69, 9.17) is 18.9 Å². The minimum Gasteiger partial charge on any atom is -0.343 e. The van der Waals surface area contributed by atoms with Crippen LogP contribution in [-0.4, -0.2) is 35.0 Å². The average molecular weight is 575 g/mol. The quantitative estimate of drug-likeness (QED) is 0.279. The molecule has 2 atom stereocenters. The van der Waals surface area contributed by atoms with Crippen molar-refractivity contribution in [1.29, 1.82) is 0 Å². The highest BCUT2D eigenvalue weighted by Gasteiger charge is 2.39. The summed E-state index contributed by atoms with van der Waals surface area (Å²) in [7, 11) is 0. The van der Waals surface area contributed by atoms with E-state index in [0.29, 0.717) is 0 Å². The van der Waals surface area contributed by atoms with Gasteiger partial charge in [0.1, 0.15) is 0 Å². The molecule has 0 heterocycles. The van der Waals surface area contributed by atoms with E-state index in [-0.39, 0.29) is 34.2 Å². The Kier molecular flexibility index (Phi) is 9.36. The van der Waals surface area contributed by atoms with Crippen molar-refractivity contribution in [2.45, 2.75) is 143 Å². The van der Waals surface area contributed by atoms with Gasteiger partial charge in [0.2, 0.25) is 0 Å². The molecule has 0 bridgehead atoms. The molecule has 4 rings (SSSR count). The molecule has 42 heavy (non-hydrogen) atoms. The van der Waals surface area contributed by atoms with Crippen molar-refractivity contribution in [3.8, 4) is 0 Å². The van der Waals surface area contributed by atoms with Crippen LogP contribution in [0.1, 0.15) is 130 Å². The number of hydrogen-bond donors (Lipinski definition) is 0. The van der Waals surface area contributed by atoms with Gasteiger partial charge in [-0.25, -0.2) is 0 Å². The molecule has 0 spiro atoms. The first kappa shape index (κ1) is 32.7. The van der Waals surface area contributed by atoms with Crippen molar-refractivity contribution in [3.63, 3.8) is 0 Å². The van der Waals surface area contributed by atoms with Gasteiger partial charge in [0.15, 0.2) is 12.6 Å². The van der Waals surface area contributed by atoms with Crippen LogP contribution < -0.4 is 0 Å². The predicted molar refractivity (Wildman–Crippen MR) is 174 cm³/mol. The highest BCUT2D eigenvalue weighted by atomic mass is 16.7. The Morgan fingerprint density at radius 3 is 1.05 bits per heavy atom. The highest BCUT2D eigenvalue weighted by Crippen LogP contribution is 2.48. The van der Waals surface area contributed by atoms with Gasteiger partial charge in [0.25, 0.3) is 0 Å². The maximum absolute atomic E-state index is 6.61. The number of benzene rings is 2. The summed E-state index contributed by atoms with van der Waals surface area (Å²) < 4.78 is 26.5. The van der Waals surface area contributed by atoms with Crippen LogP contribution in [0.3, 0.4) is 0 Å². The fourth-order valence-electron chi connectivity index (χ4n) is 5.89. The summed E-state index contributed by atoms with van der Waals surface area (Å²) in [6.45, 7) is 25.2. The molecule has 0 aliphatic heterocycles. The number of hydrogen-bond acceptors (Lipinski definition) is 4. The van der Waals surface area contributed by atoms with Gasteiger partial charge in [0, 0.05) is 11.8 Å². The molecule has 0 aromatic heterocycles. The van der Waals surface area contributed by atoms with Crippen molar-refractivity contribution < 1.29 is 18.9 Å². The third-order valence-electron chi connectivity index (χ3n) is 7.32. The molecule has 0 radical (unpaired) electrons. The SMILES string of the molecule is CC(C)(C)OC(OC(C)(C)C)C1=Cc2ccccc2C1CCC1C(C(OC(C)(C)C)OC(C)(C)C)=Cc2ccccc21. The van der Waals surface area contributed by atoms with Gasteiger partial charge < -0.3 is 18.9 Å². The van der Waals surface area contributed by atoms with Crippen LogP contribution in [0.5, 0.6) is 0 Å². The van der Waals surface area contributed by atoms with Crippen LogP contribution in [0.4, 0.5) is 0 Å². The molecular formula is C38H54O4. The van der Waals surface area contributed by atoms with Crippen LogP contribution in [0.25, 0.3) is 12.2 Å². The van der Waals surface area contributed by atoms with Gasteiger partial charge >= 0.3 is 0 Å². The normalized spacial score (nSPS) is 19.3. The molecule has 4 heteroatoms. The molecule has 0 N–H and O–H groups in total. The Morgan fingerprint density at radius 1 is 0.476 bits per heavy atom. The van der Waals surface area contributed by atoms with E-state index in [9.17, 15) is 0 Å². The zero-order valence-corrected chi connectivity index (χ0v) is 28.1. The lowest BCUT2D eigenvalue weighted by molar-refractivity contribution is -0.217. The average Bonchev–Trinajstić information content (AvgIpc) is 3.37. The monoisotopic (exact) mass is 574 g/mol. The Labute approximate surface area is 255 Å². The Balaban J connectivity index is 1.69. The first-order valence-corrected chi connectivity index (χ1v) is 15.6. The molecule has 2 aromatic carbocycles. The standard InChI is InChI=1S/C38H54O4/c1-35(2,3)39-33(40-36(4,5)6)31-23-25-17-13-15-19-27(25)29(31)21-22-30-28-20-16-14-18-26(28)24-32(30)34(41-37(7,8)9)42-38(10,11)12/h13-20,23-24,29-30,33-34H,21-22H2,1-12H3. The molecule has 0 saturated heterocycles. The van der Waals surface area contributed by atoms with E-state index < -0.39 is 12.6 Å². The van der Waals surface area contributed by atoms with Crippen molar-refractivity contribution in [3.05, 3.63) is 81.9 Å². The van der Waals surface area contributed by atoms with Gasteiger partial charge in [-0.3, -0.25) is 0 Å². The third kappa shape index (κ3) is 8.66. The van der Waals surface area contributed by atoms with E-state index in [1.165, 1.54) is 33.4 Å². The lowest BCUT2D eigenvalue weighted by Gasteiger charge is -2.36. The summed E-state index contributed by atoms with van der Waals surface area (Å²) in [6.07, 6.45) is 5.64. The third-order valence-corrected chi connectivity index (χ3v) is 7.32. The molecule has 0 amide bonds. The van der Waals surface area contributed by atoms with Gasteiger partial charge in [-0.05, 0) is 141 Å². The fraction of sp³-hybridized carbons (Fsp3) is 0.579. The molecule has 0 saturated carbocycles. The van der Waals surface area contributed by atoms with Crippen molar-refractivity contribution >= 4 is 12.2 Å². The van der Waals surface area contributed by atoms with Crippen molar-refractivity contribution in [1.82, 2.24) is 0 Å². The minimum atomic E-state index is -0.436. The summed E-state index contributed by atoms with van der Waals surface area (Å²) in [6, 6.07) is 17.5. The summed E-state index contributed by atoms with van der Waals surface area (Å²) in [4.78, 5) is 0. The lowest BCUT2D eigenvalue weighted by atomic mass is 9.83. The molecule has 2 aromatic rings. The van der Waals surface area contributed by atoms with E-state index in [2.05, 4.69) is 144 Å². The second-order valence-corrected chi connectivity index (χ2v) is 15.8. The molecule has 4 nitrogen and oxygen atoms in total. The fourth-order valence-corrected chi connectivity index (χ4v) is 5.89. The van der Waals surface area contributed by atoms with E-state index in [1.807, 2.05) is 0 Å². The van der Waals surface area contributed by atoms with Crippen LogP contribution in [0, 0.1) is 0 Å². The Morgan fingerprint density at radius 2 is 0.762 bits per heavy atom. The maximum atomic E-state index is 6.61. The number of rotatable bonds is 9. The lowest BCUT2D eigenvalue weighted by Crippen LogP contribution is -2.37. The zero-order chi connectivity index (χ0) is 31.1. The van der Waals surface area contributed by atoms with Crippen molar-refractivity contribution in [2.75, 3.05) is 0 Å². The second-order valence-electron chi connectivity index (χ2n) is 15.8. The second kappa shape index (κ2) is 12.0. The maximum Gasteiger partial charge on any atom is 0.181 e. The summed E-state index contributed by atoms with van der Waals surface area (Å²) in [5.41, 5.74) is 6.20. The number of fused-ring (bicyclic) bond motifs is 2. The Bertz CT molecular complexity index is 1160. The predicted octanol–water partition coefficient (Wildman–Crippen LogP) is 10.0. The molecule has 2 aliphatic rings. The smallest absolute Gasteiger partial charge is 0.181 e. The number of ether oxygens (including phenoxy) is 4. The van der Waals surface area contributed by atoms with Gasteiger partial charge in [0.05, 0.1) is 22.4 Å². The van der Waals surface area contributed by atoms with Crippen LogP contribution in [0.2, 0.25) is 0 Å². The summed E-state index contributed by atoms with van der Waals surface area (Å²) in [5, 5.41) is 0. The van der Waals surface area contributed by atoms with E-state index >= 15 is 0 Å². The Hall–Kier alpha value is -2.24. The largest absolute Gasteiger partial charge is 0.343 e. The highest BCUT2D eigenvalue weighted by molar-refractivity contribution is 5.68. The minimum absolute atomic E-state index is 0.190. The molecule has 2 unspecified atom stereocenters. The van der Waals surface area contributed by atoms with Gasteiger partial charge in [-0.2, -0.15) is 0 Å². The van der Waals surface area contributed by atoms with Crippen molar-refractivity contribution in [2.24, 2.45) is 0 Å². The van der Waals surface area contributed by atoms with Crippen LogP contribution in [-0.2, 0) is 18.9 Å². The first-order chi connectivity index (χ1) is 19.3. The van der Waals surface area contributed by atoms with Gasteiger partial charge in [-0.15, -0.1) is 0 Å². The topological polar surface area (TPSA) is 36.9 Å². The van der Waals surface area contributed by atoms with Crippen LogP contribution in [0.15, 0.2) is 59.7 Å². The first-order valence-electron chi connectivity index (χ1n) is 15.6. The zero-order valence-electron chi connectivity index (χ0n) is 28.1. The van der Waals surface area contributed by atoms with Crippen LogP contribution >= 0.6 is 0 Å². The summed E-state index contributed by atoms with van der Waals surface area (Å²) in [5.74, 6) is 0.380. The molecular weight excluding hydrogens is 520 g/mol. The molecule has 230 valence electrons.